The first-order chi connectivity index (χ1) is 6.82. The number of benzene rings is 1. The van der Waals surface area contributed by atoms with Crippen LogP contribution in [0.25, 0.3) is 0 Å². The molecular weight excluding hydrogens is 329 g/mol. The Kier molecular flexibility index (Phi) is 3.72. The number of Topliss-reactive ketones (excluding diaryl/α,β-unsaturated/α-hetero) is 1. The van der Waals surface area contributed by atoms with Gasteiger partial charge in [-0.05, 0) is 12.1 Å². The maximum absolute atomic E-state index is 11.7. The summed E-state index contributed by atoms with van der Waals surface area (Å²) in [6.45, 7) is 0. The maximum Gasteiger partial charge on any atom is 0.190 e. The Morgan fingerprint density at radius 1 is 1.47 bits per heavy atom. The van der Waals surface area contributed by atoms with Crippen molar-refractivity contribution in [1.29, 1.82) is 0 Å². The summed E-state index contributed by atoms with van der Waals surface area (Å²) in [6, 6.07) is 6.28. The molecule has 0 aliphatic carbocycles. The van der Waals surface area contributed by atoms with E-state index in [0.29, 0.717) is 11.3 Å². The van der Waals surface area contributed by atoms with Crippen molar-refractivity contribution in [2.24, 2.45) is 0 Å². The van der Waals surface area contributed by atoms with Crippen LogP contribution in [0.5, 0.6) is 0 Å². The Morgan fingerprint density at radius 3 is 2.53 bits per heavy atom. The van der Waals surface area contributed by atoms with Gasteiger partial charge in [-0.15, -0.1) is 0 Å². The summed E-state index contributed by atoms with van der Waals surface area (Å²) in [5, 5.41) is 0. The summed E-state index contributed by atoms with van der Waals surface area (Å²) in [7, 11) is -3.37. The molecule has 1 aromatic carbocycles. The summed E-state index contributed by atoms with van der Waals surface area (Å²) in [5.41, 5.74) is 6.26. The third kappa shape index (κ3) is 3.16. The fraction of sp³-hybridized carbons (Fsp3) is 0.222. The van der Waals surface area contributed by atoms with Crippen LogP contribution in [0.3, 0.4) is 0 Å². The van der Waals surface area contributed by atoms with E-state index in [2.05, 4.69) is 0 Å². The lowest BCUT2D eigenvalue weighted by atomic mass is 10.1. The van der Waals surface area contributed by atoms with E-state index in [4.69, 9.17) is 5.73 Å². The second-order valence-electron chi connectivity index (χ2n) is 3.14. The van der Waals surface area contributed by atoms with Crippen LogP contribution in [0.1, 0.15) is 10.4 Å². The summed E-state index contributed by atoms with van der Waals surface area (Å²) in [6.07, 6.45) is 1.04. The highest BCUT2D eigenvalue weighted by atomic mass is 127. The molecule has 0 unspecified atom stereocenters. The summed E-state index contributed by atoms with van der Waals surface area (Å²) >= 11 is 1.61. The van der Waals surface area contributed by atoms with Gasteiger partial charge in [0, 0.05) is 17.5 Å². The standard InChI is InChI=1S/C9H10INO3S/c1-15(13,14)9(10)8(12)6-3-2-4-7(11)5-6/h2-5,9H,11H2,1H3/t9-/m0/s1. The van der Waals surface area contributed by atoms with Crippen LogP contribution in [0.4, 0.5) is 5.69 Å². The van der Waals surface area contributed by atoms with Gasteiger partial charge in [0.1, 0.15) is 0 Å². The van der Waals surface area contributed by atoms with E-state index in [1.54, 1.807) is 40.8 Å². The second-order valence-corrected chi connectivity index (χ2v) is 7.36. The van der Waals surface area contributed by atoms with Gasteiger partial charge in [0.2, 0.25) is 0 Å². The number of nitrogen functional groups attached to an aromatic ring is 1. The molecule has 0 aliphatic rings. The Bertz CT molecular complexity index is 484. The number of carbonyl (C=O) groups is 1. The minimum atomic E-state index is -3.37. The largest absolute Gasteiger partial charge is 0.399 e. The summed E-state index contributed by atoms with van der Waals surface area (Å²) in [4.78, 5) is 11.7. The number of halogens is 1. The number of hydrogen-bond donors (Lipinski definition) is 1. The molecule has 0 aliphatic heterocycles. The zero-order valence-electron chi connectivity index (χ0n) is 7.98. The molecule has 0 amide bonds. The van der Waals surface area contributed by atoms with Crippen molar-refractivity contribution in [1.82, 2.24) is 0 Å². The molecule has 0 aromatic heterocycles. The SMILES string of the molecule is CS(=O)(=O)[C@H](I)C(=O)c1cccc(N)c1. The topological polar surface area (TPSA) is 77.2 Å². The highest BCUT2D eigenvalue weighted by Crippen LogP contribution is 2.17. The number of carbonyl (C=O) groups excluding carboxylic acids is 1. The van der Waals surface area contributed by atoms with E-state index >= 15 is 0 Å². The van der Waals surface area contributed by atoms with Gasteiger partial charge in [-0.3, -0.25) is 4.79 Å². The number of anilines is 1. The number of rotatable bonds is 3. The highest BCUT2D eigenvalue weighted by molar-refractivity contribution is 14.1. The Hall–Kier alpha value is -0.630. The van der Waals surface area contributed by atoms with Crippen molar-refractivity contribution in [2.45, 2.75) is 3.26 Å². The average Bonchev–Trinajstić information content (AvgIpc) is 2.14. The molecule has 0 saturated carbocycles. The highest BCUT2D eigenvalue weighted by Gasteiger charge is 2.26. The zero-order chi connectivity index (χ0) is 11.6. The molecule has 15 heavy (non-hydrogen) atoms. The van der Waals surface area contributed by atoms with Gasteiger partial charge in [-0.1, -0.05) is 34.7 Å². The van der Waals surface area contributed by atoms with E-state index < -0.39 is 18.9 Å². The second kappa shape index (κ2) is 4.48. The molecular formula is C9H10INO3S. The lowest BCUT2D eigenvalue weighted by Gasteiger charge is -2.06. The molecule has 0 bridgehead atoms. The predicted molar refractivity (Wildman–Crippen MR) is 67.8 cm³/mol. The van der Waals surface area contributed by atoms with Crippen LogP contribution >= 0.6 is 22.6 Å². The number of alkyl halides is 1. The van der Waals surface area contributed by atoms with E-state index in [9.17, 15) is 13.2 Å². The molecule has 0 fully saturated rings. The fourth-order valence-corrected chi connectivity index (χ4v) is 1.90. The van der Waals surface area contributed by atoms with Gasteiger partial charge in [0.25, 0.3) is 0 Å². The first kappa shape index (κ1) is 12.4. The molecule has 1 aromatic rings. The number of sulfone groups is 1. The van der Waals surface area contributed by atoms with Gasteiger partial charge in [-0.2, -0.15) is 0 Å². The van der Waals surface area contributed by atoms with Gasteiger partial charge in [0.15, 0.2) is 18.9 Å². The van der Waals surface area contributed by atoms with Crippen molar-refractivity contribution >= 4 is 43.9 Å². The summed E-state index contributed by atoms with van der Waals surface area (Å²) in [5.74, 6) is -0.439. The van der Waals surface area contributed by atoms with E-state index in [-0.39, 0.29) is 0 Å². The molecule has 1 atom stereocenters. The maximum atomic E-state index is 11.7. The minimum Gasteiger partial charge on any atom is -0.399 e. The van der Waals surface area contributed by atoms with Crippen LogP contribution in [0, 0.1) is 0 Å². The van der Waals surface area contributed by atoms with Crippen LogP contribution < -0.4 is 5.73 Å². The van der Waals surface area contributed by atoms with Gasteiger partial charge in [0.05, 0.1) is 0 Å². The van der Waals surface area contributed by atoms with Gasteiger partial charge < -0.3 is 5.73 Å². The molecule has 6 heteroatoms. The normalized spacial score (nSPS) is 13.5. The quantitative estimate of drug-likeness (QED) is 0.389. The van der Waals surface area contributed by atoms with Crippen molar-refractivity contribution in [3.63, 3.8) is 0 Å². The first-order valence-corrected chi connectivity index (χ1v) is 7.25. The molecule has 0 heterocycles. The van der Waals surface area contributed by atoms with Crippen molar-refractivity contribution in [2.75, 3.05) is 12.0 Å². The third-order valence-electron chi connectivity index (χ3n) is 1.75. The number of nitrogens with two attached hydrogens (primary N) is 1. The lowest BCUT2D eigenvalue weighted by molar-refractivity contribution is 0.101. The van der Waals surface area contributed by atoms with E-state index in [1.165, 1.54) is 6.07 Å². The summed E-state index contributed by atoms with van der Waals surface area (Å²) < 4.78 is 21.3. The zero-order valence-corrected chi connectivity index (χ0v) is 10.9. The van der Waals surface area contributed by atoms with Crippen LogP contribution in [0.15, 0.2) is 24.3 Å². The molecule has 0 radical (unpaired) electrons. The smallest absolute Gasteiger partial charge is 0.190 e. The average molecular weight is 339 g/mol. The Labute approximate surface area is 102 Å². The number of ketones is 1. The Balaban J connectivity index is 3.06. The first-order valence-electron chi connectivity index (χ1n) is 4.05. The van der Waals surface area contributed by atoms with Crippen molar-refractivity contribution < 1.29 is 13.2 Å². The van der Waals surface area contributed by atoms with E-state index in [1.807, 2.05) is 0 Å². The predicted octanol–water partition coefficient (Wildman–Crippen LogP) is 1.26. The molecule has 2 N–H and O–H groups in total. The number of hydrogen-bond acceptors (Lipinski definition) is 4. The van der Waals surface area contributed by atoms with Gasteiger partial charge >= 0.3 is 0 Å². The molecule has 0 spiro atoms. The van der Waals surface area contributed by atoms with E-state index in [0.717, 1.165) is 6.26 Å². The van der Waals surface area contributed by atoms with Crippen molar-refractivity contribution in [3.8, 4) is 0 Å². The van der Waals surface area contributed by atoms with Crippen LogP contribution in [-0.2, 0) is 9.84 Å². The van der Waals surface area contributed by atoms with Crippen LogP contribution in [-0.4, -0.2) is 23.7 Å². The molecule has 82 valence electrons. The monoisotopic (exact) mass is 339 g/mol. The van der Waals surface area contributed by atoms with Crippen LogP contribution in [0.2, 0.25) is 0 Å². The minimum absolute atomic E-state index is 0.319. The fourth-order valence-electron chi connectivity index (χ4n) is 1.02. The third-order valence-corrected chi connectivity index (χ3v) is 6.06. The van der Waals surface area contributed by atoms with Gasteiger partial charge in [-0.25, -0.2) is 8.42 Å². The Morgan fingerprint density at radius 2 is 2.07 bits per heavy atom. The van der Waals surface area contributed by atoms with Crippen molar-refractivity contribution in [3.05, 3.63) is 29.8 Å². The molecule has 4 nitrogen and oxygen atoms in total. The molecule has 1 rings (SSSR count). The lowest BCUT2D eigenvalue weighted by Crippen LogP contribution is -2.23. The molecule has 0 saturated heterocycles.